The molecule has 0 aliphatic heterocycles. The molecule has 13 heavy (non-hydrogen) atoms. The molecule has 0 aromatic heterocycles. The number of hydrogen-bond acceptors (Lipinski definition) is 4. The number of nitrogens with one attached hydrogen (secondary N) is 1. The zero-order valence-corrected chi connectivity index (χ0v) is 8.30. The van der Waals surface area contributed by atoms with E-state index < -0.39 is 21.8 Å². The first-order valence-electron chi connectivity index (χ1n) is 4.23. The molecule has 1 fully saturated rings. The first-order chi connectivity index (χ1) is 5.97. The molecule has 5 nitrogen and oxygen atoms in total. The Morgan fingerprint density at radius 2 is 2.15 bits per heavy atom. The summed E-state index contributed by atoms with van der Waals surface area (Å²) in [4.78, 5) is 11.2. The minimum atomic E-state index is -3.40. The summed E-state index contributed by atoms with van der Waals surface area (Å²) in [5.74, 6) is -0.956. The quantitative estimate of drug-likeness (QED) is 0.629. The van der Waals surface area contributed by atoms with E-state index in [2.05, 4.69) is 0 Å². The highest BCUT2D eigenvalue weighted by atomic mass is 32.2. The Kier molecular flexibility index (Phi) is 2.92. The van der Waals surface area contributed by atoms with Gasteiger partial charge in [0.25, 0.3) is 0 Å². The zero-order valence-electron chi connectivity index (χ0n) is 7.49. The van der Waals surface area contributed by atoms with Gasteiger partial charge in [0.2, 0.25) is 15.9 Å². The van der Waals surface area contributed by atoms with Gasteiger partial charge in [-0.15, -0.1) is 0 Å². The van der Waals surface area contributed by atoms with Gasteiger partial charge in [-0.1, -0.05) is 6.92 Å². The molecule has 0 heterocycles. The van der Waals surface area contributed by atoms with Gasteiger partial charge >= 0.3 is 0 Å². The lowest BCUT2D eigenvalue weighted by atomic mass is 10.2. The zero-order chi connectivity index (χ0) is 10.1. The van der Waals surface area contributed by atoms with Crippen LogP contribution in [0.4, 0.5) is 0 Å². The number of hydrogen-bond donors (Lipinski definition) is 2. The predicted molar refractivity (Wildman–Crippen MR) is 48.3 cm³/mol. The summed E-state index contributed by atoms with van der Waals surface area (Å²) in [5, 5.41) is -0.360. The van der Waals surface area contributed by atoms with Crippen LogP contribution in [0.3, 0.4) is 0 Å². The average molecular weight is 206 g/mol. The van der Waals surface area contributed by atoms with Crippen molar-refractivity contribution in [3.63, 3.8) is 0 Å². The van der Waals surface area contributed by atoms with Gasteiger partial charge in [0.05, 0.1) is 5.25 Å². The summed E-state index contributed by atoms with van der Waals surface area (Å²) in [6, 6.07) is 0. The molecule has 1 saturated carbocycles. The predicted octanol–water partition coefficient (Wildman–Crippen LogP) is -0.810. The Labute approximate surface area is 77.7 Å². The average Bonchev–Trinajstić information content (AvgIpc) is 2.84. The number of carbonyl (C=O) groups is 1. The normalized spacial score (nSPS) is 19.5. The van der Waals surface area contributed by atoms with Crippen LogP contribution >= 0.6 is 0 Å². The third-order valence-electron chi connectivity index (χ3n) is 2.01. The molecule has 0 aromatic carbocycles. The third kappa shape index (κ3) is 2.67. The van der Waals surface area contributed by atoms with Crippen molar-refractivity contribution in [3.8, 4) is 0 Å². The van der Waals surface area contributed by atoms with Gasteiger partial charge in [-0.2, -0.15) is 0 Å². The third-order valence-corrected chi connectivity index (χ3v) is 3.84. The number of sulfonamides is 1. The van der Waals surface area contributed by atoms with Gasteiger partial charge in [0.1, 0.15) is 0 Å². The lowest BCUT2D eigenvalue weighted by Gasteiger charge is -2.09. The van der Waals surface area contributed by atoms with Gasteiger partial charge in [-0.25, -0.2) is 8.42 Å². The fourth-order valence-corrected chi connectivity index (χ4v) is 2.21. The van der Waals surface area contributed by atoms with Gasteiger partial charge in [-0.05, 0) is 12.8 Å². The molecule has 1 atom stereocenters. The van der Waals surface area contributed by atoms with E-state index in [1.807, 2.05) is 4.72 Å². The highest BCUT2D eigenvalue weighted by Gasteiger charge is 2.37. The summed E-state index contributed by atoms with van der Waals surface area (Å²) in [6.45, 7) is 1.75. The first kappa shape index (κ1) is 10.5. The lowest BCUT2D eigenvalue weighted by molar-refractivity contribution is -0.122. The van der Waals surface area contributed by atoms with Crippen molar-refractivity contribution in [1.82, 2.24) is 4.72 Å². The molecule has 1 aliphatic carbocycles. The van der Waals surface area contributed by atoms with Crippen LogP contribution in [0.2, 0.25) is 0 Å². The van der Waals surface area contributed by atoms with Crippen LogP contribution in [-0.2, 0) is 14.8 Å². The van der Waals surface area contributed by atoms with Crippen LogP contribution in [0.15, 0.2) is 0 Å². The van der Waals surface area contributed by atoms with Crippen LogP contribution in [0, 0.1) is 5.92 Å². The van der Waals surface area contributed by atoms with E-state index in [1.165, 1.54) is 0 Å². The second-order valence-electron chi connectivity index (χ2n) is 3.35. The smallest absolute Gasteiger partial charge is 0.237 e. The van der Waals surface area contributed by atoms with Crippen LogP contribution in [-0.4, -0.2) is 26.1 Å². The van der Waals surface area contributed by atoms with E-state index in [1.54, 1.807) is 6.92 Å². The van der Waals surface area contributed by atoms with Crippen molar-refractivity contribution in [2.75, 3.05) is 6.54 Å². The SMILES string of the molecule is CC(CN)C(=O)NS(=O)(=O)C1CC1. The fraction of sp³-hybridized carbons (Fsp3) is 0.857. The fourth-order valence-electron chi connectivity index (χ4n) is 0.810. The molecule has 6 heteroatoms. The highest BCUT2D eigenvalue weighted by molar-refractivity contribution is 7.90. The first-order valence-corrected chi connectivity index (χ1v) is 5.77. The topological polar surface area (TPSA) is 89.3 Å². The maximum absolute atomic E-state index is 11.3. The van der Waals surface area contributed by atoms with Crippen LogP contribution in [0.25, 0.3) is 0 Å². The molecule has 0 saturated heterocycles. The van der Waals surface area contributed by atoms with Crippen molar-refractivity contribution in [2.24, 2.45) is 11.7 Å². The van der Waals surface area contributed by atoms with E-state index in [-0.39, 0.29) is 11.8 Å². The molecular formula is C7H14N2O3S. The van der Waals surface area contributed by atoms with Crippen molar-refractivity contribution >= 4 is 15.9 Å². The molecule has 0 spiro atoms. The second kappa shape index (κ2) is 3.63. The molecule has 1 amide bonds. The molecule has 1 rings (SSSR count). The molecule has 0 aromatic rings. The minimum absolute atomic E-state index is 0.159. The van der Waals surface area contributed by atoms with Gasteiger partial charge in [-0.3, -0.25) is 9.52 Å². The van der Waals surface area contributed by atoms with Gasteiger partial charge in [0, 0.05) is 12.5 Å². The molecule has 1 unspecified atom stereocenters. The van der Waals surface area contributed by atoms with E-state index >= 15 is 0 Å². The Balaban J connectivity index is 2.52. The van der Waals surface area contributed by atoms with Crippen molar-refractivity contribution in [3.05, 3.63) is 0 Å². The molecule has 0 radical (unpaired) electrons. The van der Waals surface area contributed by atoms with Gasteiger partial charge < -0.3 is 5.73 Å². The monoisotopic (exact) mass is 206 g/mol. The number of carbonyl (C=O) groups excluding carboxylic acids is 1. The summed E-state index contributed by atoms with van der Waals surface area (Å²) in [5.41, 5.74) is 5.23. The summed E-state index contributed by atoms with van der Waals surface area (Å²) >= 11 is 0. The Hall–Kier alpha value is -0.620. The maximum Gasteiger partial charge on any atom is 0.237 e. The second-order valence-corrected chi connectivity index (χ2v) is 5.31. The highest BCUT2D eigenvalue weighted by Crippen LogP contribution is 2.27. The van der Waals surface area contributed by atoms with Gasteiger partial charge in [0.15, 0.2) is 0 Å². The minimum Gasteiger partial charge on any atom is -0.330 e. The van der Waals surface area contributed by atoms with E-state index in [9.17, 15) is 13.2 Å². The number of rotatable bonds is 4. The summed E-state index contributed by atoms with van der Waals surface area (Å²) < 4.78 is 24.5. The Bertz CT molecular complexity index is 295. The lowest BCUT2D eigenvalue weighted by Crippen LogP contribution is -2.39. The van der Waals surface area contributed by atoms with E-state index in [4.69, 9.17) is 5.73 Å². The van der Waals surface area contributed by atoms with Crippen LogP contribution in [0.5, 0.6) is 0 Å². The van der Waals surface area contributed by atoms with E-state index in [0.29, 0.717) is 12.8 Å². The molecular weight excluding hydrogens is 192 g/mol. The van der Waals surface area contributed by atoms with E-state index in [0.717, 1.165) is 0 Å². The standard InChI is InChI=1S/C7H14N2O3S/c1-5(4-8)7(10)9-13(11,12)6-2-3-6/h5-6H,2-4,8H2,1H3,(H,9,10). The number of nitrogens with two attached hydrogens (primary N) is 1. The molecule has 3 N–H and O–H groups in total. The van der Waals surface area contributed by atoms with Crippen molar-refractivity contribution in [2.45, 2.75) is 25.0 Å². The molecule has 1 aliphatic rings. The van der Waals surface area contributed by atoms with Crippen molar-refractivity contribution < 1.29 is 13.2 Å². The van der Waals surface area contributed by atoms with Crippen LogP contribution in [0.1, 0.15) is 19.8 Å². The summed E-state index contributed by atoms with van der Waals surface area (Å²) in [6.07, 6.45) is 1.30. The number of amides is 1. The largest absolute Gasteiger partial charge is 0.330 e. The van der Waals surface area contributed by atoms with Crippen molar-refractivity contribution in [1.29, 1.82) is 0 Å². The molecule has 0 bridgehead atoms. The van der Waals surface area contributed by atoms with Crippen LogP contribution < -0.4 is 10.5 Å². The Morgan fingerprint density at radius 3 is 2.54 bits per heavy atom. The maximum atomic E-state index is 11.3. The Morgan fingerprint density at radius 1 is 1.62 bits per heavy atom. The summed E-state index contributed by atoms with van der Waals surface area (Å²) in [7, 11) is -3.40. The molecule has 76 valence electrons.